The van der Waals surface area contributed by atoms with Gasteiger partial charge >= 0.3 is 0 Å². The lowest BCUT2D eigenvalue weighted by molar-refractivity contribution is 0.0787. The van der Waals surface area contributed by atoms with Crippen molar-refractivity contribution in [2.75, 3.05) is 13.1 Å². The normalized spacial score (nSPS) is 14.2. The second-order valence-corrected chi connectivity index (χ2v) is 6.29. The second kappa shape index (κ2) is 6.72. The van der Waals surface area contributed by atoms with Crippen LogP contribution in [-0.2, 0) is 6.61 Å². The molecular formula is C18H16ClN3O3. The number of oxazole rings is 1. The summed E-state index contributed by atoms with van der Waals surface area (Å²) >= 11 is 6.13. The van der Waals surface area contributed by atoms with E-state index in [-0.39, 0.29) is 12.5 Å². The zero-order chi connectivity index (χ0) is 17.2. The summed E-state index contributed by atoms with van der Waals surface area (Å²) in [7, 11) is 0. The molecule has 0 bridgehead atoms. The maximum atomic E-state index is 12.3. The molecule has 0 aliphatic carbocycles. The molecule has 3 aromatic rings. The number of hydrogen-bond acceptors (Lipinski definition) is 5. The molecule has 1 aromatic carbocycles. The highest BCUT2D eigenvalue weighted by Crippen LogP contribution is 2.25. The molecule has 0 spiro atoms. The molecule has 1 saturated heterocycles. The number of fused-ring (bicyclic) bond motifs is 1. The van der Waals surface area contributed by atoms with Gasteiger partial charge in [0.25, 0.3) is 5.91 Å². The first-order chi connectivity index (χ1) is 12.2. The van der Waals surface area contributed by atoms with E-state index in [9.17, 15) is 4.79 Å². The van der Waals surface area contributed by atoms with Crippen LogP contribution >= 0.6 is 11.6 Å². The highest BCUT2D eigenvalue weighted by molar-refractivity contribution is 6.35. The van der Waals surface area contributed by atoms with Crippen molar-refractivity contribution in [1.82, 2.24) is 14.9 Å². The van der Waals surface area contributed by atoms with Gasteiger partial charge in [0, 0.05) is 30.7 Å². The van der Waals surface area contributed by atoms with Crippen molar-refractivity contribution in [2.45, 2.75) is 19.4 Å². The highest BCUT2D eigenvalue weighted by atomic mass is 35.5. The van der Waals surface area contributed by atoms with Crippen molar-refractivity contribution in [3.63, 3.8) is 0 Å². The number of benzene rings is 1. The van der Waals surface area contributed by atoms with E-state index < -0.39 is 0 Å². The molecule has 1 aliphatic rings. The SMILES string of the molecule is O=C(c1coc(COc2ccc3c(Cl)ccnc3c2)n1)N1CCCC1. The van der Waals surface area contributed by atoms with Crippen molar-refractivity contribution >= 4 is 28.4 Å². The zero-order valence-electron chi connectivity index (χ0n) is 13.4. The number of hydrogen-bond donors (Lipinski definition) is 0. The number of amides is 1. The molecule has 4 rings (SSSR count). The molecule has 0 unspecified atom stereocenters. The first kappa shape index (κ1) is 15.9. The maximum Gasteiger partial charge on any atom is 0.275 e. The molecule has 1 fully saturated rings. The van der Waals surface area contributed by atoms with Gasteiger partial charge in [0.2, 0.25) is 5.89 Å². The Labute approximate surface area is 149 Å². The minimum absolute atomic E-state index is 0.0861. The summed E-state index contributed by atoms with van der Waals surface area (Å²) in [4.78, 5) is 22.5. The number of rotatable bonds is 4. The van der Waals surface area contributed by atoms with Gasteiger partial charge < -0.3 is 14.1 Å². The molecule has 7 heteroatoms. The van der Waals surface area contributed by atoms with Crippen LogP contribution in [0, 0.1) is 0 Å². The smallest absolute Gasteiger partial charge is 0.275 e. The predicted octanol–water partition coefficient (Wildman–Crippen LogP) is 3.69. The molecule has 0 radical (unpaired) electrons. The number of likely N-dealkylation sites (tertiary alicyclic amines) is 1. The van der Waals surface area contributed by atoms with Gasteiger partial charge in [-0.15, -0.1) is 0 Å². The number of halogens is 1. The van der Waals surface area contributed by atoms with Crippen LogP contribution in [0.1, 0.15) is 29.2 Å². The number of nitrogens with zero attached hydrogens (tertiary/aromatic N) is 3. The molecule has 0 atom stereocenters. The Morgan fingerprint density at radius 2 is 2.12 bits per heavy atom. The van der Waals surface area contributed by atoms with Crippen molar-refractivity contribution < 1.29 is 13.9 Å². The fraction of sp³-hybridized carbons (Fsp3) is 0.278. The minimum Gasteiger partial charge on any atom is -0.484 e. The zero-order valence-corrected chi connectivity index (χ0v) is 14.2. The average molecular weight is 358 g/mol. The lowest BCUT2D eigenvalue weighted by atomic mass is 10.2. The number of aromatic nitrogens is 2. The number of pyridine rings is 1. The Morgan fingerprint density at radius 3 is 2.96 bits per heavy atom. The maximum absolute atomic E-state index is 12.3. The van der Waals surface area contributed by atoms with Crippen LogP contribution in [0.5, 0.6) is 5.75 Å². The molecule has 0 saturated carbocycles. The van der Waals surface area contributed by atoms with Gasteiger partial charge in [-0.05, 0) is 31.0 Å². The quantitative estimate of drug-likeness (QED) is 0.712. The van der Waals surface area contributed by atoms with Gasteiger partial charge in [0.05, 0.1) is 10.5 Å². The van der Waals surface area contributed by atoms with Crippen molar-refractivity contribution in [3.05, 3.63) is 53.3 Å². The monoisotopic (exact) mass is 357 g/mol. The standard InChI is InChI=1S/C18H16ClN3O3/c19-14-5-6-20-15-9-12(3-4-13(14)15)24-11-17-21-16(10-25-17)18(23)22-7-1-2-8-22/h3-6,9-10H,1-2,7-8,11H2. The number of carbonyl (C=O) groups is 1. The molecule has 2 aromatic heterocycles. The summed E-state index contributed by atoms with van der Waals surface area (Å²) in [5, 5.41) is 1.51. The third kappa shape index (κ3) is 3.30. The molecule has 128 valence electrons. The Balaban J connectivity index is 1.44. The lowest BCUT2D eigenvalue weighted by Crippen LogP contribution is -2.27. The topological polar surface area (TPSA) is 68.5 Å². The van der Waals surface area contributed by atoms with Gasteiger partial charge in [-0.25, -0.2) is 4.98 Å². The largest absolute Gasteiger partial charge is 0.484 e. The van der Waals surface area contributed by atoms with Crippen LogP contribution in [0.15, 0.2) is 41.1 Å². The van der Waals surface area contributed by atoms with E-state index in [0.29, 0.717) is 22.4 Å². The second-order valence-electron chi connectivity index (χ2n) is 5.89. The molecule has 1 aliphatic heterocycles. The van der Waals surface area contributed by atoms with Crippen molar-refractivity contribution in [1.29, 1.82) is 0 Å². The van der Waals surface area contributed by atoms with E-state index in [1.165, 1.54) is 6.26 Å². The fourth-order valence-corrected chi connectivity index (χ4v) is 3.10. The first-order valence-corrected chi connectivity index (χ1v) is 8.49. The van der Waals surface area contributed by atoms with E-state index in [0.717, 1.165) is 36.8 Å². The molecule has 3 heterocycles. The van der Waals surface area contributed by atoms with Crippen molar-refractivity contribution in [3.8, 4) is 5.75 Å². The average Bonchev–Trinajstić information content (AvgIpc) is 3.31. The van der Waals surface area contributed by atoms with Gasteiger partial charge in [0.15, 0.2) is 12.3 Å². The molecule has 25 heavy (non-hydrogen) atoms. The molecule has 1 amide bonds. The lowest BCUT2D eigenvalue weighted by Gasteiger charge is -2.12. The summed E-state index contributed by atoms with van der Waals surface area (Å²) in [6.45, 7) is 1.70. The van der Waals surface area contributed by atoms with Crippen LogP contribution in [0.2, 0.25) is 5.02 Å². The number of ether oxygens (including phenoxy) is 1. The van der Waals surface area contributed by atoms with Crippen LogP contribution in [-0.4, -0.2) is 33.9 Å². The minimum atomic E-state index is -0.0861. The van der Waals surface area contributed by atoms with Gasteiger partial charge in [-0.2, -0.15) is 0 Å². The van der Waals surface area contributed by atoms with E-state index in [1.807, 2.05) is 12.1 Å². The molecule has 0 N–H and O–H groups in total. The van der Waals surface area contributed by atoms with Gasteiger partial charge in [0.1, 0.15) is 12.0 Å². The van der Waals surface area contributed by atoms with Gasteiger partial charge in [-0.3, -0.25) is 9.78 Å². The van der Waals surface area contributed by atoms with E-state index in [1.54, 1.807) is 23.2 Å². The summed E-state index contributed by atoms with van der Waals surface area (Å²) in [5.74, 6) is 0.909. The summed E-state index contributed by atoms with van der Waals surface area (Å²) < 4.78 is 11.0. The Bertz CT molecular complexity index is 919. The summed E-state index contributed by atoms with van der Waals surface area (Å²) in [5.41, 5.74) is 1.08. The van der Waals surface area contributed by atoms with Crippen LogP contribution in [0.25, 0.3) is 10.9 Å². The Morgan fingerprint density at radius 1 is 1.28 bits per heavy atom. The van der Waals surface area contributed by atoms with Gasteiger partial charge in [-0.1, -0.05) is 11.6 Å². The fourth-order valence-electron chi connectivity index (χ4n) is 2.89. The Kier molecular flexibility index (Phi) is 4.28. The first-order valence-electron chi connectivity index (χ1n) is 8.11. The highest BCUT2D eigenvalue weighted by Gasteiger charge is 2.22. The van der Waals surface area contributed by atoms with E-state index in [2.05, 4.69) is 9.97 Å². The summed E-state index contributed by atoms with van der Waals surface area (Å²) in [6.07, 6.45) is 5.12. The third-order valence-corrected chi connectivity index (χ3v) is 4.52. The van der Waals surface area contributed by atoms with Crippen LogP contribution < -0.4 is 4.74 Å². The molecular weight excluding hydrogens is 342 g/mol. The Hall–Kier alpha value is -2.60. The molecule has 6 nitrogen and oxygen atoms in total. The van der Waals surface area contributed by atoms with Crippen LogP contribution in [0.3, 0.4) is 0 Å². The van der Waals surface area contributed by atoms with E-state index >= 15 is 0 Å². The number of carbonyl (C=O) groups excluding carboxylic acids is 1. The third-order valence-electron chi connectivity index (χ3n) is 4.19. The van der Waals surface area contributed by atoms with Crippen molar-refractivity contribution in [2.24, 2.45) is 0 Å². The van der Waals surface area contributed by atoms with Crippen LogP contribution in [0.4, 0.5) is 0 Å². The predicted molar refractivity (Wildman–Crippen MR) is 92.7 cm³/mol. The summed E-state index contributed by atoms with van der Waals surface area (Å²) in [6, 6.07) is 7.23. The van der Waals surface area contributed by atoms with E-state index in [4.69, 9.17) is 20.8 Å².